The highest BCUT2D eigenvalue weighted by Crippen LogP contribution is 2.54. The fourth-order valence-electron chi connectivity index (χ4n) is 4.56. The first-order valence-electron chi connectivity index (χ1n) is 11.2. The number of rotatable bonds is 5. The molecule has 4 aromatic carbocycles. The average molecular weight is 485 g/mol. The summed E-state index contributed by atoms with van der Waals surface area (Å²) in [5.41, 5.74) is 3.17. The smallest absolute Gasteiger partial charge is 0.135 e. The van der Waals surface area contributed by atoms with Crippen molar-refractivity contribution in [1.29, 1.82) is 0 Å². The molecule has 4 aromatic rings. The molecule has 182 valence electrons. The summed E-state index contributed by atoms with van der Waals surface area (Å²) in [6.45, 7) is 0. The summed E-state index contributed by atoms with van der Waals surface area (Å²) < 4.78 is 11.6. The minimum Gasteiger partial charge on any atom is -0.508 e. The second-order valence-electron chi connectivity index (χ2n) is 8.64. The van der Waals surface area contributed by atoms with Crippen molar-refractivity contribution in [3.05, 3.63) is 101 Å². The average Bonchev–Trinajstić information content (AvgIpc) is 3.23. The van der Waals surface area contributed by atoms with E-state index < -0.39 is 12.0 Å². The van der Waals surface area contributed by atoms with Gasteiger partial charge in [-0.1, -0.05) is 24.3 Å². The molecule has 0 radical (unpaired) electrons. The maximum atomic E-state index is 11.1. The molecule has 1 aliphatic heterocycles. The van der Waals surface area contributed by atoms with Crippen molar-refractivity contribution in [3.8, 4) is 40.2 Å². The van der Waals surface area contributed by atoms with Gasteiger partial charge in [0, 0.05) is 23.3 Å². The number of hydrogen-bond donors (Lipinski definition) is 5. The van der Waals surface area contributed by atoms with Gasteiger partial charge in [-0.05, 0) is 65.2 Å². The zero-order valence-corrected chi connectivity index (χ0v) is 19.3. The third-order valence-electron chi connectivity index (χ3n) is 6.13. The quantitative estimate of drug-likeness (QED) is 0.232. The third-order valence-corrected chi connectivity index (χ3v) is 6.13. The van der Waals surface area contributed by atoms with Crippen LogP contribution in [0.5, 0.6) is 40.2 Å². The number of phenolic OH excluding ortho intramolecular Hbond substituents is 5. The standard InChI is InChI=1S/C29H24O7/c1-35-24-13-19(12-23(33)15-24)29-27(18-10-21(31)14-22(32)11-18)28-25(34)8-17(9-26(28)36-29)3-2-16-4-6-20(30)7-5-16/h2-15,27,29-34H,1H3. The number of methoxy groups -OCH3 is 1. The second-order valence-corrected chi connectivity index (χ2v) is 8.64. The topological polar surface area (TPSA) is 120 Å². The molecule has 0 aromatic heterocycles. The molecule has 0 spiro atoms. The first-order chi connectivity index (χ1) is 17.3. The van der Waals surface area contributed by atoms with E-state index in [2.05, 4.69) is 0 Å². The number of hydrogen-bond acceptors (Lipinski definition) is 7. The van der Waals surface area contributed by atoms with Gasteiger partial charge >= 0.3 is 0 Å². The van der Waals surface area contributed by atoms with Crippen LogP contribution in [0.1, 0.15) is 39.8 Å². The summed E-state index contributed by atoms with van der Waals surface area (Å²) in [6.07, 6.45) is 2.97. The minimum atomic E-state index is -0.690. The van der Waals surface area contributed by atoms with E-state index in [1.54, 1.807) is 48.5 Å². The van der Waals surface area contributed by atoms with Crippen LogP contribution < -0.4 is 9.47 Å². The lowest BCUT2D eigenvalue weighted by atomic mass is 9.84. The lowest BCUT2D eigenvalue weighted by Crippen LogP contribution is -2.11. The first kappa shape index (κ1) is 23.0. The molecule has 7 nitrogen and oxygen atoms in total. The van der Waals surface area contributed by atoms with Crippen molar-refractivity contribution in [1.82, 2.24) is 0 Å². The molecule has 5 N–H and O–H groups in total. The summed E-state index contributed by atoms with van der Waals surface area (Å²) in [7, 11) is 1.49. The van der Waals surface area contributed by atoms with Crippen molar-refractivity contribution < 1.29 is 35.0 Å². The van der Waals surface area contributed by atoms with Crippen LogP contribution in [-0.2, 0) is 0 Å². The molecule has 1 aliphatic rings. The summed E-state index contributed by atoms with van der Waals surface area (Å²) in [4.78, 5) is 0. The van der Waals surface area contributed by atoms with Crippen molar-refractivity contribution in [2.24, 2.45) is 0 Å². The molecule has 2 unspecified atom stereocenters. The predicted octanol–water partition coefficient (Wildman–Crippen LogP) is 5.66. The van der Waals surface area contributed by atoms with Crippen LogP contribution in [0, 0.1) is 0 Å². The van der Waals surface area contributed by atoms with Gasteiger partial charge in [0.2, 0.25) is 0 Å². The second kappa shape index (κ2) is 9.11. The summed E-state index contributed by atoms with van der Waals surface area (Å²) in [5.74, 6) is 0.166. The van der Waals surface area contributed by atoms with Crippen LogP contribution in [0.4, 0.5) is 0 Å². The Kier molecular flexibility index (Phi) is 5.82. The van der Waals surface area contributed by atoms with E-state index >= 15 is 0 Å². The highest BCUT2D eigenvalue weighted by Gasteiger charge is 2.40. The Balaban J connectivity index is 1.61. The van der Waals surface area contributed by atoms with E-state index in [0.29, 0.717) is 33.8 Å². The molecule has 0 aliphatic carbocycles. The van der Waals surface area contributed by atoms with Gasteiger partial charge in [-0.3, -0.25) is 0 Å². The lowest BCUT2D eigenvalue weighted by Gasteiger charge is -2.21. The molecular formula is C29H24O7. The molecule has 36 heavy (non-hydrogen) atoms. The predicted molar refractivity (Wildman–Crippen MR) is 135 cm³/mol. The Morgan fingerprint density at radius 2 is 1.31 bits per heavy atom. The fourth-order valence-corrected chi connectivity index (χ4v) is 4.56. The Morgan fingerprint density at radius 3 is 2.00 bits per heavy atom. The number of benzene rings is 4. The molecule has 0 amide bonds. The molecule has 0 bridgehead atoms. The van der Waals surface area contributed by atoms with E-state index in [-0.39, 0.29) is 28.7 Å². The van der Waals surface area contributed by atoms with E-state index in [1.807, 2.05) is 12.2 Å². The van der Waals surface area contributed by atoms with Gasteiger partial charge in [-0.2, -0.15) is 0 Å². The molecular weight excluding hydrogens is 460 g/mol. The molecule has 5 rings (SSSR count). The first-order valence-corrected chi connectivity index (χ1v) is 11.2. The zero-order chi connectivity index (χ0) is 25.4. The molecule has 0 saturated carbocycles. The van der Waals surface area contributed by atoms with Gasteiger partial charge in [0.1, 0.15) is 46.4 Å². The third kappa shape index (κ3) is 4.46. The van der Waals surface area contributed by atoms with Crippen LogP contribution in [0.15, 0.2) is 72.8 Å². The molecule has 1 heterocycles. The van der Waals surface area contributed by atoms with E-state index in [9.17, 15) is 25.5 Å². The number of aromatic hydroxyl groups is 5. The highest BCUT2D eigenvalue weighted by molar-refractivity contribution is 5.73. The number of phenols is 5. The van der Waals surface area contributed by atoms with Crippen LogP contribution in [0.3, 0.4) is 0 Å². The van der Waals surface area contributed by atoms with E-state index in [4.69, 9.17) is 9.47 Å². The normalized spacial score (nSPS) is 16.6. The molecule has 2 atom stereocenters. The van der Waals surface area contributed by atoms with E-state index in [1.165, 1.54) is 31.4 Å². The number of fused-ring (bicyclic) bond motifs is 1. The van der Waals surface area contributed by atoms with Crippen LogP contribution in [0.25, 0.3) is 12.2 Å². The highest BCUT2D eigenvalue weighted by atomic mass is 16.5. The monoisotopic (exact) mass is 484 g/mol. The van der Waals surface area contributed by atoms with E-state index in [0.717, 1.165) is 5.56 Å². The molecule has 0 saturated heterocycles. The van der Waals surface area contributed by atoms with Gasteiger partial charge in [-0.15, -0.1) is 0 Å². The minimum absolute atomic E-state index is 0.0110. The Hall–Kier alpha value is -4.78. The van der Waals surface area contributed by atoms with Crippen LogP contribution in [-0.4, -0.2) is 32.6 Å². The maximum absolute atomic E-state index is 11.1. The largest absolute Gasteiger partial charge is 0.508 e. The van der Waals surface area contributed by atoms with Crippen molar-refractivity contribution in [2.75, 3.05) is 7.11 Å². The number of ether oxygens (including phenoxy) is 2. The van der Waals surface area contributed by atoms with Crippen molar-refractivity contribution in [2.45, 2.75) is 12.0 Å². The molecule has 7 heteroatoms. The van der Waals surface area contributed by atoms with Gasteiger partial charge < -0.3 is 35.0 Å². The van der Waals surface area contributed by atoms with Gasteiger partial charge in [0.25, 0.3) is 0 Å². The van der Waals surface area contributed by atoms with Crippen LogP contribution in [0.2, 0.25) is 0 Å². The lowest BCUT2D eigenvalue weighted by molar-refractivity contribution is 0.221. The summed E-state index contributed by atoms with van der Waals surface area (Å²) in [5, 5.41) is 51.1. The summed E-state index contributed by atoms with van der Waals surface area (Å²) >= 11 is 0. The SMILES string of the molecule is COc1cc(O)cc(C2Oc3cc(C=Cc4ccc(O)cc4)cc(O)c3C2c2cc(O)cc(O)c2)c1. The zero-order valence-electron chi connectivity index (χ0n) is 19.3. The van der Waals surface area contributed by atoms with Gasteiger partial charge in [0.15, 0.2) is 0 Å². The Morgan fingerprint density at radius 1 is 0.667 bits per heavy atom. The van der Waals surface area contributed by atoms with Gasteiger partial charge in [-0.25, -0.2) is 0 Å². The molecule has 0 fully saturated rings. The van der Waals surface area contributed by atoms with Crippen molar-refractivity contribution >= 4 is 12.2 Å². The fraction of sp³-hybridized carbons (Fsp3) is 0.103. The Bertz CT molecular complexity index is 1440. The van der Waals surface area contributed by atoms with Gasteiger partial charge in [0.05, 0.1) is 13.0 Å². The Labute approximate surface area is 207 Å². The summed E-state index contributed by atoms with van der Waals surface area (Å²) in [6, 6.07) is 19.1. The van der Waals surface area contributed by atoms with Crippen LogP contribution >= 0.6 is 0 Å². The maximum Gasteiger partial charge on any atom is 0.135 e. The van der Waals surface area contributed by atoms with Crippen molar-refractivity contribution in [3.63, 3.8) is 0 Å².